The molecule has 8 heteroatoms. The van der Waals surface area contributed by atoms with Crippen molar-refractivity contribution >= 4 is 32.7 Å². The molecule has 1 amide bonds. The Morgan fingerprint density at radius 3 is 2.64 bits per heavy atom. The number of hydrogen-bond acceptors (Lipinski definition) is 4. The van der Waals surface area contributed by atoms with Crippen LogP contribution in [0, 0.1) is 0 Å². The highest BCUT2D eigenvalue weighted by Gasteiger charge is 2.18. The molecule has 1 aromatic heterocycles. The number of sulfonamides is 1. The summed E-state index contributed by atoms with van der Waals surface area (Å²) in [6.07, 6.45) is 2.77. The average molecular weight is 401 g/mol. The van der Waals surface area contributed by atoms with Gasteiger partial charge in [-0.3, -0.25) is 4.79 Å². The Kier molecular flexibility index (Phi) is 5.81. The van der Waals surface area contributed by atoms with Gasteiger partial charge in [0.2, 0.25) is 15.9 Å². The van der Waals surface area contributed by atoms with E-state index in [9.17, 15) is 13.2 Å². The van der Waals surface area contributed by atoms with E-state index in [4.69, 9.17) is 0 Å². The molecule has 0 fully saturated rings. The number of nitrogens with zero attached hydrogens (tertiary/aromatic N) is 3. The van der Waals surface area contributed by atoms with E-state index < -0.39 is 10.0 Å². The molecule has 0 aliphatic rings. The van der Waals surface area contributed by atoms with Crippen molar-refractivity contribution in [1.29, 1.82) is 0 Å². The lowest BCUT2D eigenvalue weighted by Crippen LogP contribution is -2.22. The number of amides is 1. The fourth-order valence-corrected chi connectivity index (χ4v) is 3.90. The minimum Gasteiger partial charge on any atom is -0.330 e. The Bertz CT molecular complexity index is 1100. The number of para-hydroxylation sites is 1. The number of carbonyl (C=O) groups excluding carboxylic acids is 1. The Morgan fingerprint density at radius 2 is 1.93 bits per heavy atom. The number of carbonyl (C=O) groups is 1. The maximum atomic E-state index is 12.3. The molecular formula is C20H24N4O3S. The second-order valence-corrected chi connectivity index (χ2v) is 8.84. The first-order valence-electron chi connectivity index (χ1n) is 9.08. The summed E-state index contributed by atoms with van der Waals surface area (Å²) >= 11 is 0. The third-order valence-electron chi connectivity index (χ3n) is 4.62. The molecule has 2 aromatic carbocycles. The van der Waals surface area contributed by atoms with E-state index >= 15 is 0 Å². The molecule has 0 unspecified atom stereocenters. The van der Waals surface area contributed by atoms with Gasteiger partial charge in [-0.2, -0.15) is 0 Å². The third-order valence-corrected chi connectivity index (χ3v) is 6.43. The van der Waals surface area contributed by atoms with Crippen LogP contribution in [0.25, 0.3) is 11.0 Å². The van der Waals surface area contributed by atoms with Crippen molar-refractivity contribution in [2.75, 3.05) is 19.4 Å². The largest absolute Gasteiger partial charge is 0.330 e. The second-order valence-electron chi connectivity index (χ2n) is 6.68. The first-order chi connectivity index (χ1) is 13.3. The topological polar surface area (TPSA) is 84.3 Å². The van der Waals surface area contributed by atoms with Crippen LogP contribution in [-0.2, 0) is 27.8 Å². The standard InChI is InChI=1S/C20H24N4O3S/c1-4-15-7-5-6-8-17(15)22-20(25)11-12-24-14-21-18-13-16(9-10-19(18)24)28(26,27)23(2)3/h5-10,13-14H,4,11-12H2,1-3H3,(H,22,25). The molecule has 0 aliphatic heterocycles. The van der Waals surface area contributed by atoms with Crippen molar-refractivity contribution in [2.24, 2.45) is 0 Å². The summed E-state index contributed by atoms with van der Waals surface area (Å²) in [5.41, 5.74) is 3.31. The van der Waals surface area contributed by atoms with Crippen LogP contribution in [-0.4, -0.2) is 42.3 Å². The molecule has 0 spiro atoms. The van der Waals surface area contributed by atoms with Crippen LogP contribution in [0.3, 0.4) is 0 Å². The zero-order valence-corrected chi connectivity index (χ0v) is 17.0. The second kappa shape index (κ2) is 8.12. The van der Waals surface area contributed by atoms with Crippen molar-refractivity contribution in [1.82, 2.24) is 13.9 Å². The van der Waals surface area contributed by atoms with Crippen LogP contribution in [0.2, 0.25) is 0 Å². The predicted octanol–water partition coefficient (Wildman–Crippen LogP) is 2.88. The molecule has 0 aliphatic carbocycles. The van der Waals surface area contributed by atoms with Gasteiger partial charge in [0.05, 0.1) is 22.3 Å². The van der Waals surface area contributed by atoms with Gasteiger partial charge in [-0.05, 0) is 36.2 Å². The van der Waals surface area contributed by atoms with Crippen molar-refractivity contribution in [3.63, 3.8) is 0 Å². The molecule has 0 saturated carbocycles. The van der Waals surface area contributed by atoms with E-state index in [0.717, 1.165) is 23.2 Å². The maximum Gasteiger partial charge on any atom is 0.242 e. The fraction of sp³-hybridized carbons (Fsp3) is 0.300. The van der Waals surface area contributed by atoms with E-state index in [1.165, 1.54) is 18.4 Å². The van der Waals surface area contributed by atoms with E-state index in [1.54, 1.807) is 24.5 Å². The van der Waals surface area contributed by atoms with Crippen LogP contribution in [0.15, 0.2) is 53.7 Å². The lowest BCUT2D eigenvalue weighted by atomic mass is 10.1. The molecule has 3 aromatic rings. The molecular weight excluding hydrogens is 376 g/mol. The van der Waals surface area contributed by atoms with E-state index in [-0.39, 0.29) is 10.8 Å². The van der Waals surface area contributed by atoms with Crippen LogP contribution in [0.4, 0.5) is 5.69 Å². The first kappa shape index (κ1) is 20.0. The zero-order chi connectivity index (χ0) is 20.3. The normalized spacial score (nSPS) is 11.9. The Morgan fingerprint density at radius 1 is 1.18 bits per heavy atom. The molecule has 28 heavy (non-hydrogen) atoms. The van der Waals surface area contributed by atoms with Gasteiger partial charge in [0.1, 0.15) is 0 Å². The lowest BCUT2D eigenvalue weighted by Gasteiger charge is -2.11. The van der Waals surface area contributed by atoms with Crippen LogP contribution in [0.5, 0.6) is 0 Å². The number of rotatable bonds is 7. The minimum atomic E-state index is -3.51. The molecule has 0 bridgehead atoms. The third kappa shape index (κ3) is 4.07. The average Bonchev–Trinajstić information content (AvgIpc) is 3.09. The van der Waals surface area contributed by atoms with Gasteiger partial charge in [0, 0.05) is 32.7 Å². The number of benzene rings is 2. The van der Waals surface area contributed by atoms with Crippen molar-refractivity contribution in [2.45, 2.75) is 31.2 Å². The molecule has 0 radical (unpaired) electrons. The summed E-state index contributed by atoms with van der Waals surface area (Å²) in [7, 11) is -0.519. The van der Waals surface area contributed by atoms with Crippen molar-refractivity contribution in [3.05, 3.63) is 54.4 Å². The highest BCUT2D eigenvalue weighted by Crippen LogP contribution is 2.21. The number of hydrogen-bond donors (Lipinski definition) is 1. The van der Waals surface area contributed by atoms with Gasteiger partial charge >= 0.3 is 0 Å². The predicted molar refractivity (Wildman–Crippen MR) is 110 cm³/mol. The summed E-state index contributed by atoms with van der Waals surface area (Å²) < 4.78 is 27.5. The first-order valence-corrected chi connectivity index (χ1v) is 10.5. The van der Waals surface area contributed by atoms with Gasteiger partial charge in [0.25, 0.3) is 0 Å². The van der Waals surface area contributed by atoms with E-state index in [2.05, 4.69) is 10.3 Å². The zero-order valence-electron chi connectivity index (χ0n) is 16.2. The van der Waals surface area contributed by atoms with Gasteiger partial charge in [-0.15, -0.1) is 0 Å². The molecule has 3 rings (SSSR count). The molecule has 148 valence electrons. The molecule has 0 saturated heterocycles. The lowest BCUT2D eigenvalue weighted by molar-refractivity contribution is -0.116. The van der Waals surface area contributed by atoms with E-state index in [0.29, 0.717) is 18.5 Å². The molecule has 0 atom stereocenters. The molecule has 1 N–H and O–H groups in total. The highest BCUT2D eigenvalue weighted by molar-refractivity contribution is 7.89. The molecule has 1 heterocycles. The quantitative estimate of drug-likeness (QED) is 0.661. The maximum absolute atomic E-state index is 12.3. The van der Waals surface area contributed by atoms with Gasteiger partial charge in [-0.25, -0.2) is 17.7 Å². The van der Waals surface area contributed by atoms with E-state index in [1.807, 2.05) is 35.8 Å². The van der Waals surface area contributed by atoms with Crippen LogP contribution >= 0.6 is 0 Å². The number of fused-ring (bicyclic) bond motifs is 1. The number of anilines is 1. The van der Waals surface area contributed by atoms with Crippen molar-refractivity contribution < 1.29 is 13.2 Å². The summed E-state index contributed by atoms with van der Waals surface area (Å²) in [4.78, 5) is 16.8. The number of aromatic nitrogens is 2. The summed E-state index contributed by atoms with van der Waals surface area (Å²) in [6, 6.07) is 12.6. The Hall–Kier alpha value is -2.71. The van der Waals surface area contributed by atoms with Crippen LogP contribution < -0.4 is 5.32 Å². The highest BCUT2D eigenvalue weighted by atomic mass is 32.2. The van der Waals surface area contributed by atoms with Gasteiger partial charge < -0.3 is 9.88 Å². The fourth-order valence-electron chi connectivity index (χ4n) is 2.98. The molecule has 7 nitrogen and oxygen atoms in total. The number of imidazole rings is 1. The summed E-state index contributed by atoms with van der Waals surface area (Å²) in [5, 5.41) is 2.96. The summed E-state index contributed by atoms with van der Waals surface area (Å²) in [5.74, 6) is -0.0745. The van der Waals surface area contributed by atoms with Gasteiger partial charge in [0.15, 0.2) is 0 Å². The smallest absolute Gasteiger partial charge is 0.242 e. The Balaban J connectivity index is 1.72. The number of aryl methyl sites for hydroxylation is 2. The summed E-state index contributed by atoms with van der Waals surface area (Å²) in [6.45, 7) is 2.50. The van der Waals surface area contributed by atoms with Crippen LogP contribution in [0.1, 0.15) is 18.9 Å². The Labute approximate surface area is 165 Å². The number of nitrogens with one attached hydrogen (secondary N) is 1. The monoisotopic (exact) mass is 400 g/mol. The SMILES string of the molecule is CCc1ccccc1NC(=O)CCn1cnc2cc(S(=O)(=O)N(C)C)ccc21. The van der Waals surface area contributed by atoms with Crippen molar-refractivity contribution in [3.8, 4) is 0 Å². The van der Waals surface area contributed by atoms with Gasteiger partial charge in [-0.1, -0.05) is 25.1 Å². The minimum absolute atomic E-state index is 0.0745.